The molecular weight excluding hydrogens is 182 g/mol. The van der Waals surface area contributed by atoms with Gasteiger partial charge in [0.2, 0.25) is 0 Å². The van der Waals surface area contributed by atoms with Crippen molar-refractivity contribution in [3.8, 4) is 0 Å². The maximum atomic E-state index is 10.8. The predicted molar refractivity (Wildman–Crippen MR) is 52.2 cm³/mol. The van der Waals surface area contributed by atoms with Gasteiger partial charge in [-0.3, -0.25) is 9.48 Å². The third-order valence-electron chi connectivity index (χ3n) is 2.22. The monoisotopic (exact) mass is 197 g/mol. The van der Waals surface area contributed by atoms with Gasteiger partial charge < -0.3 is 10.4 Å². The molecular formula is C9H15N3O2. The molecule has 0 aliphatic carbocycles. The molecule has 1 aromatic rings. The predicted octanol–water partition coefficient (Wildman–Crippen LogP) is 0.425. The third kappa shape index (κ3) is 2.11. The maximum Gasteiger partial charge on any atom is 0.322 e. The number of carboxylic acid groups (broad SMARTS) is 1. The van der Waals surface area contributed by atoms with Crippen LogP contribution in [0.1, 0.15) is 18.7 Å². The van der Waals surface area contributed by atoms with E-state index in [1.165, 1.54) is 0 Å². The SMILES string of the molecule is CNC(C(=O)O)C(C)n1ccc(C)n1. The zero-order valence-electron chi connectivity index (χ0n) is 8.56. The van der Waals surface area contributed by atoms with Crippen LogP contribution in [-0.4, -0.2) is 33.9 Å². The first kappa shape index (κ1) is 10.7. The van der Waals surface area contributed by atoms with Gasteiger partial charge in [-0.25, -0.2) is 0 Å². The molecule has 1 rings (SSSR count). The molecule has 0 bridgehead atoms. The lowest BCUT2D eigenvalue weighted by molar-refractivity contribution is -0.140. The molecule has 2 N–H and O–H groups in total. The van der Waals surface area contributed by atoms with Gasteiger partial charge in [-0.05, 0) is 27.0 Å². The van der Waals surface area contributed by atoms with Gasteiger partial charge in [0.25, 0.3) is 0 Å². The summed E-state index contributed by atoms with van der Waals surface area (Å²) in [6, 6.07) is 1.03. The van der Waals surface area contributed by atoms with Crippen molar-refractivity contribution in [2.75, 3.05) is 7.05 Å². The summed E-state index contributed by atoms with van der Waals surface area (Å²) in [7, 11) is 1.63. The van der Waals surface area contributed by atoms with Gasteiger partial charge in [0.15, 0.2) is 0 Å². The molecule has 0 fully saturated rings. The fraction of sp³-hybridized carbons (Fsp3) is 0.556. The van der Waals surface area contributed by atoms with Gasteiger partial charge in [-0.2, -0.15) is 5.10 Å². The van der Waals surface area contributed by atoms with Gasteiger partial charge in [-0.15, -0.1) is 0 Å². The lowest BCUT2D eigenvalue weighted by Gasteiger charge is -2.19. The van der Waals surface area contributed by atoms with Crippen molar-refractivity contribution >= 4 is 5.97 Å². The van der Waals surface area contributed by atoms with Crippen molar-refractivity contribution < 1.29 is 9.90 Å². The van der Waals surface area contributed by atoms with E-state index in [1.807, 2.05) is 19.9 Å². The van der Waals surface area contributed by atoms with Crippen LogP contribution in [-0.2, 0) is 4.79 Å². The summed E-state index contributed by atoms with van der Waals surface area (Å²) in [5.41, 5.74) is 0.886. The van der Waals surface area contributed by atoms with Gasteiger partial charge >= 0.3 is 5.97 Å². The molecule has 0 saturated heterocycles. The standard InChI is InChI=1S/C9H15N3O2/c1-6-4-5-12(11-6)7(2)8(10-3)9(13)14/h4-5,7-8,10H,1-3H3,(H,13,14). The van der Waals surface area contributed by atoms with Crippen molar-refractivity contribution in [3.05, 3.63) is 18.0 Å². The molecule has 2 atom stereocenters. The number of rotatable bonds is 4. The Morgan fingerprint density at radius 2 is 2.36 bits per heavy atom. The molecule has 0 aromatic carbocycles. The Morgan fingerprint density at radius 3 is 2.71 bits per heavy atom. The maximum absolute atomic E-state index is 10.8. The molecule has 0 radical (unpaired) electrons. The second-order valence-electron chi connectivity index (χ2n) is 3.28. The van der Waals surface area contributed by atoms with Crippen LogP contribution in [0.2, 0.25) is 0 Å². The first-order valence-electron chi connectivity index (χ1n) is 4.48. The third-order valence-corrected chi connectivity index (χ3v) is 2.22. The minimum atomic E-state index is -0.867. The largest absolute Gasteiger partial charge is 0.480 e. The molecule has 2 unspecified atom stereocenters. The molecule has 0 spiro atoms. The fourth-order valence-corrected chi connectivity index (χ4v) is 1.38. The molecule has 0 aliphatic rings. The van der Waals surface area contributed by atoms with Crippen molar-refractivity contribution in [2.45, 2.75) is 25.9 Å². The molecule has 0 amide bonds. The summed E-state index contributed by atoms with van der Waals surface area (Å²) >= 11 is 0. The Bertz CT molecular complexity index is 322. The normalized spacial score (nSPS) is 15.1. The van der Waals surface area contributed by atoms with E-state index in [0.29, 0.717) is 0 Å². The summed E-state index contributed by atoms with van der Waals surface area (Å²) in [5, 5.41) is 15.8. The van der Waals surface area contributed by atoms with E-state index in [1.54, 1.807) is 17.9 Å². The highest BCUT2D eigenvalue weighted by Gasteiger charge is 2.24. The van der Waals surface area contributed by atoms with Crippen molar-refractivity contribution in [1.29, 1.82) is 0 Å². The number of carbonyl (C=O) groups is 1. The second kappa shape index (κ2) is 4.23. The van der Waals surface area contributed by atoms with Crippen LogP contribution in [0.3, 0.4) is 0 Å². The summed E-state index contributed by atoms with van der Waals surface area (Å²) < 4.78 is 1.66. The van der Waals surface area contributed by atoms with Gasteiger partial charge in [-0.1, -0.05) is 0 Å². The Balaban J connectivity index is 2.82. The van der Waals surface area contributed by atoms with Crippen LogP contribution in [0, 0.1) is 6.92 Å². The highest BCUT2D eigenvalue weighted by Crippen LogP contribution is 2.10. The highest BCUT2D eigenvalue weighted by molar-refractivity contribution is 5.74. The lowest BCUT2D eigenvalue weighted by atomic mass is 10.1. The van der Waals surface area contributed by atoms with Crippen LogP contribution in [0.15, 0.2) is 12.3 Å². The van der Waals surface area contributed by atoms with E-state index in [-0.39, 0.29) is 6.04 Å². The molecule has 1 heterocycles. The number of nitrogens with zero attached hydrogens (tertiary/aromatic N) is 2. The smallest absolute Gasteiger partial charge is 0.322 e. The number of aliphatic carboxylic acids is 1. The molecule has 78 valence electrons. The summed E-state index contributed by atoms with van der Waals surface area (Å²) in [4.78, 5) is 10.8. The Morgan fingerprint density at radius 1 is 1.71 bits per heavy atom. The zero-order chi connectivity index (χ0) is 10.7. The van der Waals surface area contributed by atoms with Gasteiger partial charge in [0.05, 0.1) is 11.7 Å². The van der Waals surface area contributed by atoms with Crippen molar-refractivity contribution in [3.63, 3.8) is 0 Å². The number of likely N-dealkylation sites (N-methyl/N-ethyl adjacent to an activating group) is 1. The van der Waals surface area contributed by atoms with Crippen LogP contribution >= 0.6 is 0 Å². The van der Waals surface area contributed by atoms with Crippen LogP contribution in [0.5, 0.6) is 0 Å². The quantitative estimate of drug-likeness (QED) is 0.734. The van der Waals surface area contributed by atoms with Crippen molar-refractivity contribution in [1.82, 2.24) is 15.1 Å². The number of hydrogen-bond donors (Lipinski definition) is 2. The van der Waals surface area contributed by atoms with E-state index in [0.717, 1.165) is 5.69 Å². The topological polar surface area (TPSA) is 67.2 Å². The number of hydrogen-bond acceptors (Lipinski definition) is 3. The lowest BCUT2D eigenvalue weighted by Crippen LogP contribution is -2.40. The molecule has 0 aliphatic heterocycles. The number of aryl methyl sites for hydroxylation is 1. The van der Waals surface area contributed by atoms with E-state index in [2.05, 4.69) is 10.4 Å². The van der Waals surface area contributed by atoms with E-state index in [4.69, 9.17) is 5.11 Å². The Kier molecular flexibility index (Phi) is 3.24. The number of nitrogens with one attached hydrogen (secondary N) is 1. The van der Waals surface area contributed by atoms with Crippen molar-refractivity contribution in [2.24, 2.45) is 0 Å². The van der Waals surface area contributed by atoms with E-state index in [9.17, 15) is 4.79 Å². The first-order chi connectivity index (χ1) is 6.56. The number of aromatic nitrogens is 2. The van der Waals surface area contributed by atoms with E-state index < -0.39 is 12.0 Å². The molecule has 5 heteroatoms. The minimum Gasteiger partial charge on any atom is -0.480 e. The average Bonchev–Trinajstić information content (AvgIpc) is 2.52. The number of carboxylic acids is 1. The van der Waals surface area contributed by atoms with Crippen LogP contribution in [0.25, 0.3) is 0 Å². The fourth-order valence-electron chi connectivity index (χ4n) is 1.38. The van der Waals surface area contributed by atoms with Crippen LogP contribution < -0.4 is 5.32 Å². The first-order valence-corrected chi connectivity index (χ1v) is 4.48. The minimum absolute atomic E-state index is 0.203. The second-order valence-corrected chi connectivity index (χ2v) is 3.28. The van der Waals surface area contributed by atoms with Crippen LogP contribution in [0.4, 0.5) is 0 Å². The molecule has 1 aromatic heterocycles. The highest BCUT2D eigenvalue weighted by atomic mass is 16.4. The summed E-state index contributed by atoms with van der Waals surface area (Å²) in [6.07, 6.45) is 1.78. The van der Waals surface area contributed by atoms with Gasteiger partial charge in [0, 0.05) is 6.20 Å². The molecule has 14 heavy (non-hydrogen) atoms. The molecule has 0 saturated carbocycles. The van der Waals surface area contributed by atoms with E-state index >= 15 is 0 Å². The van der Waals surface area contributed by atoms with Gasteiger partial charge in [0.1, 0.15) is 6.04 Å². The summed E-state index contributed by atoms with van der Waals surface area (Å²) in [5.74, 6) is -0.867. The average molecular weight is 197 g/mol. The Labute approximate surface area is 82.7 Å². The summed E-state index contributed by atoms with van der Waals surface area (Å²) in [6.45, 7) is 3.69. The zero-order valence-corrected chi connectivity index (χ0v) is 8.56. The Hall–Kier alpha value is -1.36. The molecule has 5 nitrogen and oxygen atoms in total.